The summed E-state index contributed by atoms with van der Waals surface area (Å²) in [5.74, 6) is 0.508. The van der Waals surface area contributed by atoms with Crippen LogP contribution >= 0.6 is 11.6 Å². The fourth-order valence-corrected chi connectivity index (χ4v) is 2.65. The molecule has 0 fully saturated rings. The summed E-state index contributed by atoms with van der Waals surface area (Å²) < 4.78 is 11.0. The van der Waals surface area contributed by atoms with Crippen LogP contribution in [-0.2, 0) is 4.65 Å². The second-order valence-corrected chi connectivity index (χ2v) is 5.28. The minimum absolute atomic E-state index is 0.216. The van der Waals surface area contributed by atoms with Crippen LogP contribution in [0.4, 0.5) is 4.79 Å². The lowest BCUT2D eigenvalue weighted by Gasteiger charge is -2.13. The van der Waals surface area contributed by atoms with E-state index in [9.17, 15) is 9.82 Å². The highest BCUT2D eigenvalue weighted by atomic mass is 35.5. The van der Waals surface area contributed by atoms with Gasteiger partial charge in [0.1, 0.15) is 5.75 Å². The molecule has 1 unspecified atom stereocenters. The van der Waals surface area contributed by atoms with Gasteiger partial charge >= 0.3 is 13.2 Å². The zero-order chi connectivity index (χ0) is 16.1. The van der Waals surface area contributed by atoms with Gasteiger partial charge in [0.2, 0.25) is 0 Å². The number of rotatable bonds is 7. The van der Waals surface area contributed by atoms with E-state index in [1.165, 1.54) is 0 Å². The van der Waals surface area contributed by atoms with Gasteiger partial charge in [0.05, 0.1) is 12.7 Å². The summed E-state index contributed by atoms with van der Waals surface area (Å²) >= 11 is 6.15. The fourth-order valence-electron chi connectivity index (χ4n) is 2.37. The third kappa shape index (κ3) is 3.83. The van der Waals surface area contributed by atoms with E-state index in [-0.39, 0.29) is 6.54 Å². The number of fused-ring (bicyclic) bond motifs is 1. The summed E-state index contributed by atoms with van der Waals surface area (Å²) in [6, 6.07) is 3.37. The largest absolute Gasteiger partial charge is 0.495 e. The van der Waals surface area contributed by atoms with Crippen LogP contribution in [0.1, 0.15) is 24.5 Å². The number of ether oxygens (including phenoxy) is 1. The van der Waals surface area contributed by atoms with Crippen molar-refractivity contribution in [3.63, 3.8) is 0 Å². The molecular formula is C13H18BClN2O5. The van der Waals surface area contributed by atoms with Gasteiger partial charge in [-0.15, -0.1) is 0 Å². The molecule has 2 rings (SSSR count). The van der Waals surface area contributed by atoms with Gasteiger partial charge in [-0.3, -0.25) is 0 Å². The first-order valence-electron chi connectivity index (χ1n) is 7.00. The molecule has 1 atom stereocenters. The minimum atomic E-state index is -1.11. The number of nitrogens with one attached hydrogen (secondary N) is 1. The summed E-state index contributed by atoms with van der Waals surface area (Å²) in [6.07, 6.45) is -0.146. The molecule has 1 aliphatic heterocycles. The maximum absolute atomic E-state index is 10.3. The zero-order valence-corrected chi connectivity index (χ0v) is 12.7. The average Bonchev–Trinajstić information content (AvgIpc) is 2.82. The number of nitrogens with two attached hydrogens (primary N) is 1. The highest BCUT2D eigenvalue weighted by Crippen LogP contribution is 2.32. The molecule has 0 aromatic heterocycles. The maximum Gasteiger partial charge on any atom is 0.495 e. The number of hydrogen-bond acceptors (Lipinski definition) is 5. The number of halogens is 1. The van der Waals surface area contributed by atoms with Crippen LogP contribution < -0.4 is 21.3 Å². The molecule has 0 saturated carbocycles. The second-order valence-electron chi connectivity index (χ2n) is 4.87. The summed E-state index contributed by atoms with van der Waals surface area (Å²) in [4.78, 5) is 10.3. The van der Waals surface area contributed by atoms with E-state index in [2.05, 4.69) is 5.32 Å². The zero-order valence-electron chi connectivity index (χ0n) is 11.9. The van der Waals surface area contributed by atoms with Crippen molar-refractivity contribution in [1.29, 1.82) is 0 Å². The third-order valence-electron chi connectivity index (χ3n) is 3.38. The first-order chi connectivity index (χ1) is 10.5. The Morgan fingerprint density at radius 3 is 2.95 bits per heavy atom. The molecule has 0 aliphatic carbocycles. The lowest BCUT2D eigenvalue weighted by molar-refractivity contribution is 0.193. The number of hydrogen-bond donors (Lipinski definition) is 4. The second kappa shape index (κ2) is 7.69. The van der Waals surface area contributed by atoms with Crippen molar-refractivity contribution in [3.8, 4) is 5.75 Å². The Bertz CT molecular complexity index is 545. The van der Waals surface area contributed by atoms with Crippen LogP contribution in [0.25, 0.3) is 0 Å². The van der Waals surface area contributed by atoms with Gasteiger partial charge in [-0.2, -0.15) is 0 Å². The van der Waals surface area contributed by atoms with Crippen LogP contribution in [0.5, 0.6) is 5.75 Å². The molecule has 22 heavy (non-hydrogen) atoms. The maximum atomic E-state index is 10.3. The topological polar surface area (TPSA) is 114 Å². The molecule has 1 aliphatic rings. The van der Waals surface area contributed by atoms with Crippen molar-refractivity contribution < 1.29 is 24.3 Å². The predicted molar refractivity (Wildman–Crippen MR) is 82.7 cm³/mol. The smallest absolute Gasteiger partial charge is 0.494 e. The van der Waals surface area contributed by atoms with E-state index in [0.717, 1.165) is 0 Å². The SMILES string of the molecule is NCC1OB(O)c2c(OCCCCNC(=O)O)ccc(Cl)c21. The average molecular weight is 329 g/mol. The van der Waals surface area contributed by atoms with Crippen molar-refractivity contribution in [3.05, 3.63) is 22.7 Å². The Morgan fingerprint density at radius 1 is 1.50 bits per heavy atom. The van der Waals surface area contributed by atoms with Crippen molar-refractivity contribution >= 4 is 30.3 Å². The van der Waals surface area contributed by atoms with E-state index in [4.69, 9.17) is 31.8 Å². The number of unbranched alkanes of at least 4 members (excludes halogenated alkanes) is 1. The number of carbonyl (C=O) groups is 1. The number of carboxylic acid groups (broad SMARTS) is 1. The predicted octanol–water partition coefficient (Wildman–Crippen LogP) is 0.484. The Morgan fingerprint density at radius 2 is 2.27 bits per heavy atom. The molecule has 0 saturated heterocycles. The summed E-state index contributed by atoms with van der Waals surface area (Å²) in [6.45, 7) is 0.988. The lowest BCUT2D eigenvalue weighted by Crippen LogP contribution is -2.30. The monoisotopic (exact) mass is 328 g/mol. The molecular weight excluding hydrogens is 310 g/mol. The molecule has 7 nitrogen and oxygen atoms in total. The van der Waals surface area contributed by atoms with E-state index in [1.807, 2.05) is 0 Å². The van der Waals surface area contributed by atoms with Crippen molar-refractivity contribution in [2.45, 2.75) is 18.9 Å². The summed E-state index contributed by atoms with van der Waals surface area (Å²) in [7, 11) is -1.11. The van der Waals surface area contributed by atoms with E-state index < -0.39 is 19.3 Å². The Kier molecular flexibility index (Phi) is 5.90. The highest BCUT2D eigenvalue weighted by Gasteiger charge is 2.39. The molecule has 9 heteroatoms. The van der Waals surface area contributed by atoms with Crippen LogP contribution in [0.3, 0.4) is 0 Å². The van der Waals surface area contributed by atoms with Crippen molar-refractivity contribution in [1.82, 2.24) is 5.32 Å². The molecule has 5 N–H and O–H groups in total. The normalized spacial score (nSPS) is 16.5. The molecule has 1 aromatic rings. The van der Waals surface area contributed by atoms with E-state index >= 15 is 0 Å². The van der Waals surface area contributed by atoms with Crippen LogP contribution in [0, 0.1) is 0 Å². The van der Waals surface area contributed by atoms with E-state index in [1.54, 1.807) is 12.1 Å². The number of amides is 1. The van der Waals surface area contributed by atoms with Crippen LogP contribution in [0.2, 0.25) is 5.02 Å². The summed E-state index contributed by atoms with van der Waals surface area (Å²) in [5, 5.41) is 21.2. The summed E-state index contributed by atoms with van der Waals surface area (Å²) in [5.41, 5.74) is 6.81. The van der Waals surface area contributed by atoms with Gasteiger partial charge in [0.25, 0.3) is 0 Å². The highest BCUT2D eigenvalue weighted by molar-refractivity contribution is 6.63. The van der Waals surface area contributed by atoms with Gasteiger partial charge in [0, 0.05) is 29.1 Å². The van der Waals surface area contributed by atoms with Gasteiger partial charge in [-0.25, -0.2) is 4.79 Å². The molecule has 0 bridgehead atoms. The molecule has 1 aromatic carbocycles. The quantitative estimate of drug-likeness (QED) is 0.428. The molecule has 1 amide bonds. The van der Waals surface area contributed by atoms with Gasteiger partial charge in [-0.05, 0) is 25.0 Å². The Balaban J connectivity index is 1.95. The number of benzene rings is 1. The Hall–Kier alpha value is -1.48. The molecule has 0 spiro atoms. The lowest BCUT2D eigenvalue weighted by atomic mass is 9.78. The molecule has 0 radical (unpaired) electrons. The van der Waals surface area contributed by atoms with Crippen LogP contribution in [-0.4, -0.2) is 43.0 Å². The van der Waals surface area contributed by atoms with E-state index in [0.29, 0.717) is 47.8 Å². The first kappa shape index (κ1) is 16.9. The fraction of sp³-hybridized carbons (Fsp3) is 0.462. The third-order valence-corrected chi connectivity index (χ3v) is 3.70. The molecule has 120 valence electrons. The Labute approximate surface area is 133 Å². The van der Waals surface area contributed by atoms with Crippen molar-refractivity contribution in [2.75, 3.05) is 19.7 Å². The van der Waals surface area contributed by atoms with Gasteiger partial charge in [-0.1, -0.05) is 11.6 Å². The van der Waals surface area contributed by atoms with Crippen molar-refractivity contribution in [2.24, 2.45) is 5.73 Å². The van der Waals surface area contributed by atoms with Gasteiger partial charge in [0.15, 0.2) is 0 Å². The van der Waals surface area contributed by atoms with Gasteiger partial charge < -0.3 is 30.6 Å². The first-order valence-corrected chi connectivity index (χ1v) is 7.38. The molecule has 1 heterocycles. The van der Waals surface area contributed by atoms with Crippen LogP contribution in [0.15, 0.2) is 12.1 Å². The minimum Gasteiger partial charge on any atom is -0.494 e. The standard InChI is InChI=1S/C13H18BClN2O5/c15-8-3-4-9(21-6-2-1-5-17-13(18)19)12-11(8)10(7-16)22-14(12)20/h3-4,10,17,20H,1-2,5-7,16H2,(H,18,19).